The lowest BCUT2D eigenvalue weighted by Crippen LogP contribution is -2.38. The van der Waals surface area contributed by atoms with Gasteiger partial charge in [-0.2, -0.15) is 5.10 Å². The Hall–Kier alpha value is -0.900. The molecule has 3 atom stereocenters. The van der Waals surface area contributed by atoms with Gasteiger partial charge in [0.2, 0.25) is 0 Å². The number of aryl methyl sites for hydroxylation is 1. The van der Waals surface area contributed by atoms with Crippen molar-refractivity contribution in [3.8, 4) is 0 Å². The van der Waals surface area contributed by atoms with E-state index in [0.29, 0.717) is 6.04 Å². The third-order valence-corrected chi connectivity index (χ3v) is 4.52. The number of aromatic nitrogens is 3. The van der Waals surface area contributed by atoms with Gasteiger partial charge in [-0.1, -0.05) is 6.92 Å². The Morgan fingerprint density at radius 1 is 1.41 bits per heavy atom. The zero-order chi connectivity index (χ0) is 11.8. The van der Waals surface area contributed by atoms with Gasteiger partial charge in [-0.25, -0.2) is 4.98 Å². The van der Waals surface area contributed by atoms with E-state index in [1.807, 2.05) is 11.7 Å². The molecular weight excluding hydrogens is 212 g/mol. The summed E-state index contributed by atoms with van der Waals surface area (Å²) < 4.78 is 1.90. The molecule has 1 aromatic heterocycles. The highest BCUT2D eigenvalue weighted by Gasteiger charge is 2.47. The molecule has 2 aliphatic rings. The number of nitrogens with zero attached hydrogens (tertiary/aromatic N) is 3. The first kappa shape index (κ1) is 11.2. The summed E-state index contributed by atoms with van der Waals surface area (Å²) in [4.78, 5) is 4.35. The van der Waals surface area contributed by atoms with Gasteiger partial charge in [-0.3, -0.25) is 4.68 Å². The monoisotopic (exact) mass is 234 g/mol. The normalized spacial score (nSPS) is 32.5. The van der Waals surface area contributed by atoms with Crippen molar-refractivity contribution in [2.75, 3.05) is 6.54 Å². The van der Waals surface area contributed by atoms with Crippen LogP contribution in [-0.2, 0) is 13.5 Å². The number of rotatable bonds is 5. The van der Waals surface area contributed by atoms with Gasteiger partial charge in [0.1, 0.15) is 12.2 Å². The minimum Gasteiger partial charge on any atom is -0.314 e. The number of likely N-dealkylation sites (N-methyl/N-ethyl adjacent to an activating group) is 1. The van der Waals surface area contributed by atoms with Gasteiger partial charge in [-0.15, -0.1) is 0 Å². The number of hydrogen-bond donors (Lipinski definition) is 1. The Kier molecular flexibility index (Phi) is 2.90. The van der Waals surface area contributed by atoms with Crippen molar-refractivity contribution < 1.29 is 0 Å². The Balaban J connectivity index is 1.65. The van der Waals surface area contributed by atoms with Gasteiger partial charge >= 0.3 is 0 Å². The summed E-state index contributed by atoms with van der Waals surface area (Å²) in [6.07, 6.45) is 7.04. The van der Waals surface area contributed by atoms with E-state index in [4.69, 9.17) is 0 Å². The second-order valence-electron chi connectivity index (χ2n) is 5.66. The van der Waals surface area contributed by atoms with Gasteiger partial charge in [0.25, 0.3) is 0 Å². The van der Waals surface area contributed by atoms with Gasteiger partial charge in [-0.05, 0) is 43.6 Å². The maximum atomic E-state index is 4.35. The largest absolute Gasteiger partial charge is 0.314 e. The molecule has 17 heavy (non-hydrogen) atoms. The lowest BCUT2D eigenvalue weighted by Gasteiger charge is -2.25. The Bertz CT molecular complexity index is 377. The van der Waals surface area contributed by atoms with Crippen molar-refractivity contribution in [1.29, 1.82) is 0 Å². The molecule has 0 amide bonds. The van der Waals surface area contributed by atoms with E-state index in [1.54, 1.807) is 6.33 Å². The molecule has 4 heteroatoms. The summed E-state index contributed by atoms with van der Waals surface area (Å²) >= 11 is 0. The molecular formula is C13H22N4. The smallest absolute Gasteiger partial charge is 0.138 e. The molecule has 3 rings (SSSR count). The topological polar surface area (TPSA) is 42.7 Å². The first-order valence-electron chi connectivity index (χ1n) is 6.84. The van der Waals surface area contributed by atoms with Crippen molar-refractivity contribution in [2.45, 2.75) is 38.6 Å². The predicted molar refractivity (Wildman–Crippen MR) is 66.5 cm³/mol. The molecule has 1 aromatic rings. The molecule has 0 spiro atoms. The first-order chi connectivity index (χ1) is 8.28. The molecule has 1 N–H and O–H groups in total. The van der Waals surface area contributed by atoms with E-state index >= 15 is 0 Å². The van der Waals surface area contributed by atoms with Gasteiger partial charge < -0.3 is 5.32 Å². The van der Waals surface area contributed by atoms with Crippen LogP contribution >= 0.6 is 0 Å². The van der Waals surface area contributed by atoms with Crippen LogP contribution in [0.4, 0.5) is 0 Å². The van der Waals surface area contributed by atoms with Crippen LogP contribution in [0.2, 0.25) is 0 Å². The van der Waals surface area contributed by atoms with Gasteiger partial charge in [0.05, 0.1) is 0 Å². The summed E-state index contributed by atoms with van der Waals surface area (Å²) in [5, 5.41) is 7.81. The fourth-order valence-electron chi connectivity index (χ4n) is 3.46. The second-order valence-corrected chi connectivity index (χ2v) is 5.66. The van der Waals surface area contributed by atoms with E-state index in [1.165, 1.54) is 19.3 Å². The minimum atomic E-state index is 0.593. The highest BCUT2D eigenvalue weighted by atomic mass is 15.3. The molecule has 0 bridgehead atoms. The van der Waals surface area contributed by atoms with Crippen LogP contribution in [0.15, 0.2) is 6.33 Å². The average Bonchev–Trinajstić information content (AvgIpc) is 2.72. The van der Waals surface area contributed by atoms with E-state index in [9.17, 15) is 0 Å². The number of fused-ring (bicyclic) bond motifs is 1. The molecule has 2 fully saturated rings. The van der Waals surface area contributed by atoms with E-state index in [-0.39, 0.29) is 0 Å². The summed E-state index contributed by atoms with van der Waals surface area (Å²) in [6, 6.07) is 0.593. The molecule has 0 aromatic carbocycles. The van der Waals surface area contributed by atoms with Crippen molar-refractivity contribution in [3.63, 3.8) is 0 Å². The molecule has 4 nitrogen and oxygen atoms in total. The van der Waals surface area contributed by atoms with Gasteiger partial charge in [0, 0.05) is 19.5 Å². The SMILES string of the molecule is CCNC(Cc1ncnn1C)C1CC2CC2C1. The van der Waals surface area contributed by atoms with Crippen LogP contribution in [0, 0.1) is 17.8 Å². The summed E-state index contributed by atoms with van der Waals surface area (Å²) in [6.45, 7) is 3.24. The standard InChI is InChI=1S/C13H22N4/c1-3-14-12(7-13-15-8-16-17(13)2)11-5-9-4-10(9)6-11/h8-12,14H,3-7H2,1-2H3. The Morgan fingerprint density at radius 2 is 2.18 bits per heavy atom. The fraction of sp³-hybridized carbons (Fsp3) is 0.846. The molecule has 94 valence electrons. The fourth-order valence-corrected chi connectivity index (χ4v) is 3.46. The number of hydrogen-bond acceptors (Lipinski definition) is 3. The van der Waals surface area contributed by atoms with Gasteiger partial charge in [0.15, 0.2) is 0 Å². The van der Waals surface area contributed by atoms with Crippen molar-refractivity contribution in [3.05, 3.63) is 12.2 Å². The molecule has 0 aliphatic heterocycles. The van der Waals surface area contributed by atoms with E-state index in [2.05, 4.69) is 22.3 Å². The highest BCUT2D eigenvalue weighted by molar-refractivity contribution is 5.01. The third kappa shape index (κ3) is 2.23. The Morgan fingerprint density at radius 3 is 2.76 bits per heavy atom. The summed E-state index contributed by atoms with van der Waals surface area (Å²) in [7, 11) is 1.98. The van der Waals surface area contributed by atoms with Crippen molar-refractivity contribution in [1.82, 2.24) is 20.1 Å². The lowest BCUT2D eigenvalue weighted by molar-refractivity contribution is 0.330. The maximum Gasteiger partial charge on any atom is 0.138 e. The van der Waals surface area contributed by atoms with Crippen LogP contribution in [0.3, 0.4) is 0 Å². The maximum absolute atomic E-state index is 4.35. The molecule has 3 unspecified atom stereocenters. The van der Waals surface area contributed by atoms with E-state index in [0.717, 1.165) is 36.5 Å². The molecule has 0 saturated heterocycles. The molecule has 2 aliphatic carbocycles. The second kappa shape index (κ2) is 4.41. The first-order valence-corrected chi connectivity index (χ1v) is 6.84. The zero-order valence-electron chi connectivity index (χ0n) is 10.8. The summed E-state index contributed by atoms with van der Waals surface area (Å²) in [5.41, 5.74) is 0. The lowest BCUT2D eigenvalue weighted by atomic mass is 9.92. The minimum absolute atomic E-state index is 0.593. The van der Waals surface area contributed by atoms with Crippen LogP contribution in [-0.4, -0.2) is 27.4 Å². The summed E-state index contributed by atoms with van der Waals surface area (Å²) in [5.74, 6) is 4.08. The quantitative estimate of drug-likeness (QED) is 0.837. The predicted octanol–water partition coefficient (Wildman–Crippen LogP) is 1.38. The van der Waals surface area contributed by atoms with Crippen LogP contribution in [0.25, 0.3) is 0 Å². The van der Waals surface area contributed by atoms with Crippen LogP contribution in [0.1, 0.15) is 32.0 Å². The molecule has 2 saturated carbocycles. The van der Waals surface area contributed by atoms with Crippen LogP contribution < -0.4 is 5.32 Å². The van der Waals surface area contributed by atoms with E-state index < -0.39 is 0 Å². The Labute approximate surface area is 103 Å². The highest BCUT2D eigenvalue weighted by Crippen LogP contribution is 2.55. The van der Waals surface area contributed by atoms with Crippen molar-refractivity contribution >= 4 is 0 Å². The third-order valence-electron chi connectivity index (χ3n) is 4.52. The average molecular weight is 234 g/mol. The van der Waals surface area contributed by atoms with Crippen LogP contribution in [0.5, 0.6) is 0 Å². The number of nitrogens with one attached hydrogen (secondary N) is 1. The van der Waals surface area contributed by atoms with Crippen molar-refractivity contribution in [2.24, 2.45) is 24.8 Å². The molecule has 1 heterocycles. The zero-order valence-corrected chi connectivity index (χ0v) is 10.8. The molecule has 0 radical (unpaired) electrons.